The first kappa shape index (κ1) is 17.1. The molecule has 0 saturated carbocycles. The molecule has 4 heteroatoms. The van der Waals surface area contributed by atoms with Gasteiger partial charge in [0.2, 0.25) is 5.91 Å². The zero-order valence-electron chi connectivity index (χ0n) is 12.9. The lowest BCUT2D eigenvalue weighted by Crippen LogP contribution is -2.36. The molecule has 0 aliphatic heterocycles. The summed E-state index contributed by atoms with van der Waals surface area (Å²) in [5.41, 5.74) is 7.10. The summed E-state index contributed by atoms with van der Waals surface area (Å²) >= 11 is 1.58. The molecule has 0 aliphatic rings. The van der Waals surface area contributed by atoms with Crippen LogP contribution in [0, 0.1) is 5.92 Å². The van der Waals surface area contributed by atoms with Gasteiger partial charge in [-0.1, -0.05) is 44.2 Å². The van der Waals surface area contributed by atoms with Gasteiger partial charge in [-0.25, -0.2) is 0 Å². The third-order valence-corrected chi connectivity index (χ3v) is 4.54. The first-order valence-electron chi connectivity index (χ1n) is 7.05. The lowest BCUT2D eigenvalue weighted by atomic mass is 10.0. The summed E-state index contributed by atoms with van der Waals surface area (Å²) in [7, 11) is 1.86. The third-order valence-electron chi connectivity index (χ3n) is 3.59. The van der Waals surface area contributed by atoms with Gasteiger partial charge in [-0.15, -0.1) is 11.8 Å². The van der Waals surface area contributed by atoms with Gasteiger partial charge in [0.25, 0.3) is 0 Å². The molecule has 0 bridgehead atoms. The zero-order valence-corrected chi connectivity index (χ0v) is 13.7. The van der Waals surface area contributed by atoms with Crippen molar-refractivity contribution in [2.24, 2.45) is 11.7 Å². The van der Waals surface area contributed by atoms with E-state index >= 15 is 0 Å². The van der Waals surface area contributed by atoms with E-state index in [1.165, 1.54) is 0 Å². The van der Waals surface area contributed by atoms with E-state index in [4.69, 9.17) is 5.73 Å². The molecule has 1 amide bonds. The molecular formula is C16H26N2OS. The van der Waals surface area contributed by atoms with Crippen LogP contribution in [0.1, 0.15) is 31.1 Å². The van der Waals surface area contributed by atoms with Gasteiger partial charge in [0, 0.05) is 19.6 Å². The molecule has 2 atom stereocenters. The molecule has 112 valence electrons. The van der Waals surface area contributed by atoms with Gasteiger partial charge >= 0.3 is 0 Å². The first-order chi connectivity index (χ1) is 9.47. The Hall–Kier alpha value is -1.00. The number of thioether (sulfide) groups is 1. The van der Waals surface area contributed by atoms with E-state index in [9.17, 15) is 4.79 Å². The number of rotatable bonds is 7. The number of hydrogen-bond acceptors (Lipinski definition) is 3. The Kier molecular flexibility index (Phi) is 7.10. The minimum atomic E-state index is -0.128. The molecule has 0 spiro atoms. The topological polar surface area (TPSA) is 46.3 Å². The Morgan fingerprint density at radius 1 is 1.30 bits per heavy atom. The summed E-state index contributed by atoms with van der Waals surface area (Å²) in [6.07, 6.45) is 2.82. The van der Waals surface area contributed by atoms with Crippen molar-refractivity contribution in [3.63, 3.8) is 0 Å². The monoisotopic (exact) mass is 294 g/mol. The second-order valence-corrected chi connectivity index (χ2v) is 6.43. The van der Waals surface area contributed by atoms with Crippen LogP contribution >= 0.6 is 11.8 Å². The van der Waals surface area contributed by atoms with Gasteiger partial charge in [-0.05, 0) is 24.2 Å². The second-order valence-electron chi connectivity index (χ2n) is 5.48. The Balaban J connectivity index is 2.62. The molecule has 1 aromatic rings. The summed E-state index contributed by atoms with van der Waals surface area (Å²) in [5.74, 6) is 0.601. The number of hydrogen-bond donors (Lipinski definition) is 1. The van der Waals surface area contributed by atoms with E-state index in [2.05, 4.69) is 13.8 Å². The van der Waals surface area contributed by atoms with Crippen molar-refractivity contribution in [1.29, 1.82) is 0 Å². The highest BCUT2D eigenvalue weighted by atomic mass is 32.2. The number of likely N-dealkylation sites (N-methyl/N-ethyl adjacent to an activating group) is 1. The lowest BCUT2D eigenvalue weighted by Gasteiger charge is -2.25. The summed E-state index contributed by atoms with van der Waals surface area (Å²) < 4.78 is 0. The van der Waals surface area contributed by atoms with Gasteiger partial charge < -0.3 is 10.6 Å². The van der Waals surface area contributed by atoms with Gasteiger partial charge in [0.1, 0.15) is 5.25 Å². The number of amides is 1. The largest absolute Gasteiger partial charge is 0.344 e. The van der Waals surface area contributed by atoms with E-state index in [0.29, 0.717) is 12.5 Å². The van der Waals surface area contributed by atoms with Gasteiger partial charge in [-0.2, -0.15) is 0 Å². The molecule has 0 saturated heterocycles. The molecule has 0 heterocycles. The van der Waals surface area contributed by atoms with Crippen LogP contribution in [-0.4, -0.2) is 36.7 Å². The summed E-state index contributed by atoms with van der Waals surface area (Å²) in [6.45, 7) is 4.93. The standard InChI is InChI=1S/C16H26N2OS/c1-12(2)14(17)10-11-18(3)16(19)15(20-4)13-8-6-5-7-9-13/h5-9,12,14-15H,10-11,17H2,1-4H3. The van der Waals surface area contributed by atoms with Crippen molar-refractivity contribution in [2.45, 2.75) is 31.6 Å². The van der Waals surface area contributed by atoms with Crippen LogP contribution < -0.4 is 5.73 Å². The summed E-state index contributed by atoms with van der Waals surface area (Å²) in [5, 5.41) is -0.128. The van der Waals surface area contributed by atoms with Crippen molar-refractivity contribution < 1.29 is 4.79 Å². The SMILES string of the molecule is CSC(C(=O)N(C)CCC(N)C(C)C)c1ccccc1. The second kappa shape index (κ2) is 8.32. The molecule has 0 aromatic heterocycles. The molecule has 20 heavy (non-hydrogen) atoms. The van der Waals surface area contributed by atoms with E-state index in [1.807, 2.05) is 43.6 Å². The zero-order chi connectivity index (χ0) is 15.1. The van der Waals surface area contributed by atoms with Gasteiger partial charge in [0.15, 0.2) is 0 Å². The van der Waals surface area contributed by atoms with Crippen molar-refractivity contribution >= 4 is 17.7 Å². The highest BCUT2D eigenvalue weighted by Gasteiger charge is 2.23. The van der Waals surface area contributed by atoms with E-state index in [-0.39, 0.29) is 17.2 Å². The molecule has 1 rings (SSSR count). The smallest absolute Gasteiger partial charge is 0.239 e. The molecule has 0 aliphatic carbocycles. The third kappa shape index (κ3) is 4.84. The fraction of sp³-hybridized carbons (Fsp3) is 0.562. The molecular weight excluding hydrogens is 268 g/mol. The molecule has 2 N–H and O–H groups in total. The number of benzene rings is 1. The maximum atomic E-state index is 12.5. The van der Waals surface area contributed by atoms with E-state index in [0.717, 1.165) is 12.0 Å². The average Bonchev–Trinajstić information content (AvgIpc) is 2.45. The van der Waals surface area contributed by atoms with Crippen LogP contribution in [0.25, 0.3) is 0 Å². The van der Waals surface area contributed by atoms with Crippen LogP contribution in [0.15, 0.2) is 30.3 Å². The fourth-order valence-corrected chi connectivity index (χ4v) is 2.80. The average molecular weight is 294 g/mol. The van der Waals surface area contributed by atoms with E-state index < -0.39 is 0 Å². The molecule has 0 radical (unpaired) electrons. The van der Waals surface area contributed by atoms with Gasteiger partial charge in [-0.3, -0.25) is 4.79 Å². The van der Waals surface area contributed by atoms with Gasteiger partial charge in [0.05, 0.1) is 0 Å². The number of carbonyl (C=O) groups excluding carboxylic acids is 1. The van der Waals surface area contributed by atoms with Crippen molar-refractivity contribution in [2.75, 3.05) is 19.8 Å². The lowest BCUT2D eigenvalue weighted by molar-refractivity contribution is -0.129. The van der Waals surface area contributed by atoms with Crippen LogP contribution in [0.4, 0.5) is 0 Å². The quantitative estimate of drug-likeness (QED) is 0.841. The molecule has 1 aromatic carbocycles. The fourth-order valence-electron chi connectivity index (χ4n) is 1.99. The molecule has 0 fully saturated rings. The number of carbonyl (C=O) groups is 1. The first-order valence-corrected chi connectivity index (χ1v) is 8.34. The summed E-state index contributed by atoms with van der Waals surface area (Å²) in [4.78, 5) is 14.3. The maximum absolute atomic E-state index is 12.5. The Morgan fingerprint density at radius 2 is 1.90 bits per heavy atom. The minimum absolute atomic E-state index is 0.128. The van der Waals surface area contributed by atoms with Crippen molar-refractivity contribution in [1.82, 2.24) is 4.90 Å². The highest BCUT2D eigenvalue weighted by Crippen LogP contribution is 2.28. The Bertz CT molecular complexity index is 408. The Morgan fingerprint density at radius 3 is 2.40 bits per heavy atom. The van der Waals surface area contributed by atoms with Crippen LogP contribution in [0.2, 0.25) is 0 Å². The van der Waals surface area contributed by atoms with Crippen LogP contribution in [0.5, 0.6) is 0 Å². The molecule has 3 nitrogen and oxygen atoms in total. The van der Waals surface area contributed by atoms with Crippen molar-refractivity contribution in [3.05, 3.63) is 35.9 Å². The van der Waals surface area contributed by atoms with E-state index in [1.54, 1.807) is 16.7 Å². The molecule has 2 unspecified atom stereocenters. The van der Waals surface area contributed by atoms with Crippen molar-refractivity contribution in [3.8, 4) is 0 Å². The Labute approximate surface area is 126 Å². The minimum Gasteiger partial charge on any atom is -0.344 e. The van der Waals surface area contributed by atoms with Crippen LogP contribution in [-0.2, 0) is 4.79 Å². The normalized spacial score (nSPS) is 14.1. The number of nitrogens with two attached hydrogens (primary N) is 1. The van der Waals surface area contributed by atoms with Crippen LogP contribution in [0.3, 0.4) is 0 Å². The summed E-state index contributed by atoms with van der Waals surface area (Å²) in [6, 6.07) is 10.1. The number of nitrogens with zero attached hydrogens (tertiary/aromatic N) is 1. The predicted octanol–water partition coefficient (Wildman–Crippen LogP) is 2.92. The highest BCUT2D eigenvalue weighted by molar-refractivity contribution is 7.99. The maximum Gasteiger partial charge on any atom is 0.239 e. The predicted molar refractivity (Wildman–Crippen MR) is 87.8 cm³/mol.